The molecule has 0 aliphatic rings. The van der Waals surface area contributed by atoms with Crippen LogP contribution in [0.1, 0.15) is 13.3 Å². The molecule has 0 aliphatic carbocycles. The number of hydrogen-bond acceptors (Lipinski definition) is 3. The van der Waals surface area contributed by atoms with Crippen molar-refractivity contribution in [3.05, 3.63) is 12.7 Å². The van der Waals surface area contributed by atoms with Gasteiger partial charge >= 0.3 is 6.03 Å². The summed E-state index contributed by atoms with van der Waals surface area (Å²) < 4.78 is 0. The van der Waals surface area contributed by atoms with E-state index in [0.29, 0.717) is 6.54 Å². The van der Waals surface area contributed by atoms with E-state index in [9.17, 15) is 4.79 Å². The average molecular weight is 232 g/mol. The molecule has 0 bridgehead atoms. The molecule has 5 heteroatoms. The monoisotopic (exact) mass is 232 g/mol. The van der Waals surface area contributed by atoms with Crippen LogP contribution in [0.4, 0.5) is 4.79 Å². The lowest BCUT2D eigenvalue weighted by atomic mass is 10.2. The van der Waals surface area contributed by atoms with Gasteiger partial charge in [0.05, 0.1) is 12.6 Å². The molecule has 0 aromatic heterocycles. The van der Waals surface area contributed by atoms with E-state index >= 15 is 0 Å². The molecule has 0 spiro atoms. The van der Waals surface area contributed by atoms with Crippen LogP contribution in [-0.4, -0.2) is 41.8 Å². The highest BCUT2D eigenvalue weighted by Crippen LogP contribution is 1.96. The minimum absolute atomic E-state index is 0.0187. The Kier molecular flexibility index (Phi) is 9.41. The Morgan fingerprint density at radius 2 is 2.40 bits per heavy atom. The van der Waals surface area contributed by atoms with Crippen molar-refractivity contribution in [2.75, 3.05) is 24.7 Å². The molecule has 2 amide bonds. The van der Waals surface area contributed by atoms with Crippen molar-refractivity contribution in [2.45, 2.75) is 19.4 Å². The Morgan fingerprint density at radius 1 is 1.67 bits per heavy atom. The fraction of sp³-hybridized carbons (Fsp3) is 0.700. The van der Waals surface area contributed by atoms with E-state index in [1.165, 1.54) is 0 Å². The second kappa shape index (κ2) is 9.86. The molecule has 0 rings (SSSR count). The van der Waals surface area contributed by atoms with E-state index in [2.05, 4.69) is 17.2 Å². The van der Waals surface area contributed by atoms with Crippen molar-refractivity contribution in [3.8, 4) is 0 Å². The highest BCUT2D eigenvalue weighted by Gasteiger charge is 2.07. The van der Waals surface area contributed by atoms with Gasteiger partial charge in [-0.2, -0.15) is 11.8 Å². The second-order valence-corrected chi connectivity index (χ2v) is 4.20. The summed E-state index contributed by atoms with van der Waals surface area (Å²) in [6, 6.07) is -0.360. The van der Waals surface area contributed by atoms with Gasteiger partial charge in [-0.3, -0.25) is 0 Å². The molecule has 4 nitrogen and oxygen atoms in total. The molecule has 0 fully saturated rings. The van der Waals surface area contributed by atoms with Crippen molar-refractivity contribution in [2.24, 2.45) is 0 Å². The van der Waals surface area contributed by atoms with Crippen LogP contribution >= 0.6 is 11.8 Å². The molecule has 0 aromatic rings. The Hall–Kier alpha value is -0.680. The molecule has 0 aromatic carbocycles. The van der Waals surface area contributed by atoms with Gasteiger partial charge in [0.25, 0.3) is 0 Å². The van der Waals surface area contributed by atoms with Gasteiger partial charge in [-0.25, -0.2) is 4.79 Å². The first-order chi connectivity index (χ1) is 7.24. The summed E-state index contributed by atoms with van der Waals surface area (Å²) >= 11 is 1.72. The predicted octanol–water partition coefficient (Wildman–Crippen LogP) is 0.976. The lowest BCUT2D eigenvalue weighted by Crippen LogP contribution is -2.44. The van der Waals surface area contributed by atoms with Crippen molar-refractivity contribution in [1.82, 2.24) is 10.6 Å². The number of rotatable bonds is 8. The summed E-state index contributed by atoms with van der Waals surface area (Å²) in [6.07, 6.45) is 2.57. The van der Waals surface area contributed by atoms with Crippen LogP contribution in [-0.2, 0) is 0 Å². The number of thioether (sulfide) groups is 1. The van der Waals surface area contributed by atoms with E-state index in [4.69, 9.17) is 5.11 Å². The third-order valence-electron chi connectivity index (χ3n) is 1.82. The Morgan fingerprint density at radius 3 is 2.93 bits per heavy atom. The van der Waals surface area contributed by atoms with Crippen LogP contribution in [0.25, 0.3) is 0 Å². The lowest BCUT2D eigenvalue weighted by molar-refractivity contribution is 0.215. The van der Waals surface area contributed by atoms with E-state index in [0.717, 1.165) is 17.9 Å². The normalized spacial score (nSPS) is 11.9. The number of urea groups is 1. The quantitative estimate of drug-likeness (QED) is 0.432. The lowest BCUT2D eigenvalue weighted by Gasteiger charge is -2.14. The van der Waals surface area contributed by atoms with Gasteiger partial charge in [0.2, 0.25) is 0 Å². The van der Waals surface area contributed by atoms with Crippen LogP contribution < -0.4 is 10.6 Å². The smallest absolute Gasteiger partial charge is 0.315 e. The maximum absolute atomic E-state index is 11.2. The largest absolute Gasteiger partial charge is 0.394 e. The van der Waals surface area contributed by atoms with Crippen LogP contribution in [0.5, 0.6) is 0 Å². The standard InChI is InChI=1S/C10H20N2O2S/c1-3-6-15-7-5-11-10(14)12-9(4-2)8-13/h3,9,13H,1,4-8H2,2H3,(H2,11,12,14). The highest BCUT2D eigenvalue weighted by atomic mass is 32.2. The summed E-state index contributed by atoms with van der Waals surface area (Å²) in [5.74, 6) is 1.77. The van der Waals surface area contributed by atoms with Gasteiger partial charge in [-0.15, -0.1) is 6.58 Å². The number of aliphatic hydroxyl groups excluding tert-OH is 1. The van der Waals surface area contributed by atoms with Crippen molar-refractivity contribution >= 4 is 17.8 Å². The van der Waals surface area contributed by atoms with E-state index < -0.39 is 0 Å². The van der Waals surface area contributed by atoms with E-state index in [1.54, 1.807) is 11.8 Å². The first kappa shape index (κ1) is 14.3. The van der Waals surface area contributed by atoms with Crippen LogP contribution in [0, 0.1) is 0 Å². The fourth-order valence-electron chi connectivity index (χ4n) is 0.917. The number of hydrogen-bond donors (Lipinski definition) is 3. The van der Waals surface area contributed by atoms with Crippen LogP contribution in [0.15, 0.2) is 12.7 Å². The molecule has 3 N–H and O–H groups in total. The minimum atomic E-state index is -0.213. The van der Waals surface area contributed by atoms with E-state index in [1.807, 2.05) is 13.0 Å². The molecule has 15 heavy (non-hydrogen) atoms. The second-order valence-electron chi connectivity index (χ2n) is 3.05. The summed E-state index contributed by atoms with van der Waals surface area (Å²) in [6.45, 7) is 6.14. The number of carbonyl (C=O) groups excluding carboxylic acids is 1. The number of aliphatic hydroxyl groups is 1. The molecule has 0 heterocycles. The number of amides is 2. The Labute approximate surface area is 95.5 Å². The van der Waals surface area contributed by atoms with Gasteiger partial charge in [-0.1, -0.05) is 13.0 Å². The van der Waals surface area contributed by atoms with Crippen LogP contribution in [0.2, 0.25) is 0 Å². The fourth-order valence-corrected chi connectivity index (χ4v) is 1.50. The Bertz CT molecular complexity index is 184. The summed E-state index contributed by atoms with van der Waals surface area (Å²) in [5.41, 5.74) is 0. The molecule has 88 valence electrons. The highest BCUT2D eigenvalue weighted by molar-refractivity contribution is 7.99. The Balaban J connectivity index is 3.43. The molecule has 0 aliphatic heterocycles. The predicted molar refractivity (Wildman–Crippen MR) is 65.2 cm³/mol. The molecule has 0 radical (unpaired) electrons. The maximum Gasteiger partial charge on any atom is 0.315 e. The maximum atomic E-state index is 11.2. The summed E-state index contributed by atoms with van der Waals surface area (Å²) in [5, 5.41) is 14.3. The SMILES string of the molecule is C=CCSCCNC(=O)NC(CC)CO. The third-order valence-corrected chi connectivity index (χ3v) is 2.78. The van der Waals surface area contributed by atoms with E-state index in [-0.39, 0.29) is 18.7 Å². The van der Waals surface area contributed by atoms with Gasteiger partial charge in [-0.05, 0) is 6.42 Å². The van der Waals surface area contributed by atoms with Gasteiger partial charge < -0.3 is 15.7 Å². The minimum Gasteiger partial charge on any atom is -0.394 e. The van der Waals surface area contributed by atoms with Crippen molar-refractivity contribution in [1.29, 1.82) is 0 Å². The first-order valence-corrected chi connectivity index (χ1v) is 6.23. The molecule has 1 atom stereocenters. The van der Waals surface area contributed by atoms with Crippen LogP contribution in [0.3, 0.4) is 0 Å². The molecule has 1 unspecified atom stereocenters. The van der Waals surface area contributed by atoms with Gasteiger partial charge in [0.1, 0.15) is 0 Å². The molecular weight excluding hydrogens is 212 g/mol. The summed E-state index contributed by atoms with van der Waals surface area (Å²) in [7, 11) is 0. The average Bonchev–Trinajstić information content (AvgIpc) is 2.25. The topological polar surface area (TPSA) is 61.4 Å². The number of carbonyl (C=O) groups is 1. The van der Waals surface area contributed by atoms with Crippen molar-refractivity contribution in [3.63, 3.8) is 0 Å². The zero-order chi connectivity index (χ0) is 11.5. The van der Waals surface area contributed by atoms with Crippen molar-refractivity contribution < 1.29 is 9.90 Å². The third kappa shape index (κ3) is 8.32. The van der Waals surface area contributed by atoms with Gasteiger partial charge in [0.15, 0.2) is 0 Å². The summed E-state index contributed by atoms with van der Waals surface area (Å²) in [4.78, 5) is 11.2. The zero-order valence-corrected chi connectivity index (χ0v) is 9.98. The first-order valence-electron chi connectivity index (χ1n) is 5.08. The molecular formula is C10H20N2O2S. The molecule has 0 saturated heterocycles. The van der Waals surface area contributed by atoms with Gasteiger partial charge in [0, 0.05) is 18.1 Å². The number of nitrogens with one attached hydrogen (secondary N) is 2. The molecule has 0 saturated carbocycles. The zero-order valence-electron chi connectivity index (χ0n) is 9.16.